The molecule has 0 saturated carbocycles. The summed E-state index contributed by atoms with van der Waals surface area (Å²) in [7, 11) is -0.287. The fourth-order valence-corrected chi connectivity index (χ4v) is 1.83. The number of phosphoric acid groups is 1. The Morgan fingerprint density at radius 1 is 0.900 bits per heavy atom. The summed E-state index contributed by atoms with van der Waals surface area (Å²) in [5.41, 5.74) is 0. The molecule has 3 N–H and O–H groups in total. The van der Waals surface area contributed by atoms with Crippen molar-refractivity contribution >= 4 is 7.82 Å². The maximum absolute atomic E-state index is 8.88. The van der Waals surface area contributed by atoms with Crippen molar-refractivity contribution in [2.75, 3.05) is 14.1 Å². The first-order chi connectivity index (χ1) is 9.18. The molecule has 0 bridgehead atoms. The average molecular weight is 311 g/mol. The van der Waals surface area contributed by atoms with Crippen molar-refractivity contribution in [2.45, 2.75) is 77.7 Å². The summed E-state index contributed by atoms with van der Waals surface area (Å²) in [6.07, 6.45) is 12.8. The molecule has 0 aliphatic heterocycles. The third kappa shape index (κ3) is 26.6. The van der Waals surface area contributed by atoms with Crippen LogP contribution in [0.2, 0.25) is 0 Å². The van der Waals surface area contributed by atoms with E-state index in [1.54, 1.807) is 0 Å². The van der Waals surface area contributed by atoms with Crippen molar-refractivity contribution in [1.29, 1.82) is 0 Å². The normalized spacial score (nSPS) is 13.0. The highest BCUT2D eigenvalue weighted by Gasteiger charge is 2.02. The molecule has 0 fully saturated rings. The van der Waals surface area contributed by atoms with E-state index in [1.807, 2.05) is 0 Å². The van der Waals surface area contributed by atoms with E-state index >= 15 is 0 Å². The van der Waals surface area contributed by atoms with Crippen LogP contribution in [-0.2, 0) is 4.57 Å². The predicted octanol–water partition coefficient (Wildman–Crippen LogP) is 3.54. The van der Waals surface area contributed by atoms with Gasteiger partial charge in [0.2, 0.25) is 0 Å². The van der Waals surface area contributed by atoms with Crippen LogP contribution in [0.25, 0.3) is 0 Å². The lowest BCUT2D eigenvalue weighted by atomic mass is 10.1. The molecule has 0 heterocycles. The Bertz CT molecular complexity index is 235. The van der Waals surface area contributed by atoms with Gasteiger partial charge in [-0.2, -0.15) is 0 Å². The van der Waals surface area contributed by atoms with Crippen LogP contribution < -0.4 is 0 Å². The van der Waals surface area contributed by atoms with Crippen molar-refractivity contribution in [1.82, 2.24) is 4.90 Å². The summed E-state index contributed by atoms with van der Waals surface area (Å²) >= 11 is 0. The Morgan fingerprint density at radius 3 is 1.60 bits per heavy atom. The van der Waals surface area contributed by atoms with Crippen LogP contribution in [0.15, 0.2) is 0 Å². The molecule has 0 aromatic carbocycles. The highest BCUT2D eigenvalue weighted by Crippen LogP contribution is 2.25. The van der Waals surface area contributed by atoms with Crippen LogP contribution in [-0.4, -0.2) is 39.7 Å². The van der Waals surface area contributed by atoms with Gasteiger partial charge in [-0.3, -0.25) is 0 Å². The summed E-state index contributed by atoms with van der Waals surface area (Å²) in [6.45, 7) is 4.60. The lowest BCUT2D eigenvalue weighted by Gasteiger charge is -2.19. The van der Waals surface area contributed by atoms with E-state index in [9.17, 15) is 0 Å². The molecule has 6 heteroatoms. The van der Waals surface area contributed by atoms with E-state index in [4.69, 9.17) is 19.2 Å². The zero-order chi connectivity index (χ0) is 16.0. The minimum atomic E-state index is -4.64. The standard InChI is InChI=1S/C14H31N.H3O4P/c1-5-6-7-8-9-10-11-12-13-14(2)15(3)4;1-5(2,3)4/h14H,5-13H2,1-4H3;(H3,1,2,3,4). The molecular weight excluding hydrogens is 277 g/mol. The molecule has 0 radical (unpaired) electrons. The van der Waals surface area contributed by atoms with Crippen LogP contribution in [0.5, 0.6) is 0 Å². The van der Waals surface area contributed by atoms with Crippen LogP contribution in [0.1, 0.15) is 71.6 Å². The number of nitrogens with zero attached hydrogens (tertiary/aromatic N) is 1. The van der Waals surface area contributed by atoms with E-state index in [1.165, 1.54) is 57.8 Å². The first kappa shape index (κ1) is 22.4. The van der Waals surface area contributed by atoms with Crippen LogP contribution >= 0.6 is 7.82 Å². The Balaban J connectivity index is 0. The summed E-state index contributed by atoms with van der Waals surface area (Å²) in [4.78, 5) is 23.9. The van der Waals surface area contributed by atoms with Crippen molar-refractivity contribution in [3.05, 3.63) is 0 Å². The van der Waals surface area contributed by atoms with Crippen molar-refractivity contribution in [3.63, 3.8) is 0 Å². The molecule has 0 rings (SSSR count). The molecule has 0 saturated heterocycles. The highest BCUT2D eigenvalue weighted by molar-refractivity contribution is 7.45. The van der Waals surface area contributed by atoms with E-state index < -0.39 is 7.82 Å². The van der Waals surface area contributed by atoms with Crippen molar-refractivity contribution < 1.29 is 19.2 Å². The third-order valence-electron chi connectivity index (χ3n) is 3.36. The topological polar surface area (TPSA) is 81.0 Å². The second kappa shape index (κ2) is 14.0. The van der Waals surface area contributed by atoms with Crippen LogP contribution in [0, 0.1) is 0 Å². The Morgan fingerprint density at radius 2 is 1.25 bits per heavy atom. The number of unbranched alkanes of at least 4 members (excludes halogenated alkanes) is 7. The summed E-state index contributed by atoms with van der Waals surface area (Å²) < 4.78 is 8.88. The van der Waals surface area contributed by atoms with Crippen LogP contribution in [0.3, 0.4) is 0 Å². The first-order valence-corrected chi connectivity index (χ1v) is 9.19. The molecule has 0 spiro atoms. The van der Waals surface area contributed by atoms with Crippen molar-refractivity contribution in [2.24, 2.45) is 0 Å². The lowest BCUT2D eigenvalue weighted by molar-refractivity contribution is 0.275. The van der Waals surface area contributed by atoms with E-state index in [-0.39, 0.29) is 0 Å². The summed E-state index contributed by atoms with van der Waals surface area (Å²) in [6, 6.07) is 0.755. The lowest BCUT2D eigenvalue weighted by Crippen LogP contribution is -2.24. The van der Waals surface area contributed by atoms with Gasteiger partial charge in [0.1, 0.15) is 0 Å². The number of hydrogen-bond acceptors (Lipinski definition) is 2. The molecule has 1 unspecified atom stereocenters. The molecule has 0 aromatic heterocycles. The van der Waals surface area contributed by atoms with Crippen molar-refractivity contribution in [3.8, 4) is 0 Å². The Hall–Kier alpha value is 0.0700. The molecule has 20 heavy (non-hydrogen) atoms. The largest absolute Gasteiger partial charge is 0.466 e. The van der Waals surface area contributed by atoms with Gasteiger partial charge < -0.3 is 19.6 Å². The molecular formula is C14H34NO4P. The molecule has 124 valence electrons. The molecule has 0 aromatic rings. The van der Waals surface area contributed by atoms with Gasteiger partial charge in [-0.15, -0.1) is 0 Å². The second-order valence-electron chi connectivity index (χ2n) is 5.59. The maximum atomic E-state index is 8.88. The molecule has 0 aliphatic carbocycles. The predicted molar refractivity (Wildman–Crippen MR) is 84.6 cm³/mol. The average Bonchev–Trinajstić information content (AvgIpc) is 2.30. The fraction of sp³-hybridized carbons (Fsp3) is 1.00. The molecule has 1 atom stereocenters. The number of hydrogen-bond donors (Lipinski definition) is 3. The zero-order valence-electron chi connectivity index (χ0n) is 13.6. The van der Waals surface area contributed by atoms with Gasteiger partial charge in [-0.05, 0) is 27.4 Å². The Kier molecular flexibility index (Phi) is 15.7. The quantitative estimate of drug-likeness (QED) is 0.425. The first-order valence-electron chi connectivity index (χ1n) is 7.63. The minimum Gasteiger partial charge on any atom is -0.307 e. The Labute approximate surface area is 124 Å². The SMILES string of the molecule is CCCCCCCCCCC(C)N(C)C.O=P(O)(O)O. The monoisotopic (exact) mass is 311 g/mol. The summed E-state index contributed by atoms with van der Waals surface area (Å²) in [5.74, 6) is 0. The van der Waals surface area contributed by atoms with Gasteiger partial charge in [-0.25, -0.2) is 4.57 Å². The van der Waals surface area contributed by atoms with E-state index in [0.29, 0.717) is 0 Å². The van der Waals surface area contributed by atoms with Crippen LogP contribution in [0.4, 0.5) is 0 Å². The van der Waals surface area contributed by atoms with E-state index in [2.05, 4.69) is 32.8 Å². The maximum Gasteiger partial charge on any atom is 0.466 e. The second-order valence-corrected chi connectivity index (χ2v) is 6.62. The van der Waals surface area contributed by atoms with Gasteiger partial charge in [0.05, 0.1) is 0 Å². The minimum absolute atomic E-state index is 0.755. The fourth-order valence-electron chi connectivity index (χ4n) is 1.83. The van der Waals surface area contributed by atoms with Gasteiger partial charge in [-0.1, -0.05) is 58.3 Å². The third-order valence-corrected chi connectivity index (χ3v) is 3.36. The molecule has 0 aliphatic rings. The number of rotatable bonds is 10. The van der Waals surface area contributed by atoms with Gasteiger partial charge in [0.25, 0.3) is 0 Å². The summed E-state index contributed by atoms with van der Waals surface area (Å²) in [5, 5.41) is 0. The van der Waals surface area contributed by atoms with Gasteiger partial charge in [0, 0.05) is 6.04 Å². The van der Waals surface area contributed by atoms with E-state index in [0.717, 1.165) is 6.04 Å². The molecule has 5 nitrogen and oxygen atoms in total. The smallest absolute Gasteiger partial charge is 0.307 e. The zero-order valence-corrected chi connectivity index (χ0v) is 14.5. The van der Waals surface area contributed by atoms with Gasteiger partial charge in [0.15, 0.2) is 0 Å². The molecule has 0 amide bonds. The highest BCUT2D eigenvalue weighted by atomic mass is 31.2. The van der Waals surface area contributed by atoms with Gasteiger partial charge >= 0.3 is 7.82 Å².